The topological polar surface area (TPSA) is 12.0 Å². The third-order valence-electron chi connectivity index (χ3n) is 5.57. The van der Waals surface area contributed by atoms with Crippen LogP contribution >= 0.6 is 0 Å². The van der Waals surface area contributed by atoms with Crippen LogP contribution in [0, 0.1) is 11.3 Å². The summed E-state index contributed by atoms with van der Waals surface area (Å²) in [6, 6.07) is 0.757. The molecule has 0 aromatic carbocycles. The summed E-state index contributed by atoms with van der Waals surface area (Å²) >= 11 is 0. The lowest BCUT2D eigenvalue weighted by Crippen LogP contribution is -2.38. The van der Waals surface area contributed by atoms with Crippen molar-refractivity contribution in [1.29, 1.82) is 0 Å². The van der Waals surface area contributed by atoms with E-state index >= 15 is 0 Å². The smallest absolute Gasteiger partial charge is 0.00974 e. The normalized spacial score (nSPS) is 23.1. The highest BCUT2D eigenvalue weighted by Gasteiger charge is 2.38. The monoisotopic (exact) mass is 281 g/mol. The summed E-state index contributed by atoms with van der Waals surface area (Å²) in [4.78, 5) is 0. The molecule has 0 saturated heterocycles. The molecule has 0 aromatic heterocycles. The molecule has 1 aliphatic carbocycles. The fraction of sp³-hybridized carbons (Fsp3) is 1.00. The van der Waals surface area contributed by atoms with Crippen LogP contribution in [0.2, 0.25) is 0 Å². The number of unbranched alkanes of at least 4 members (excludes halogenated alkanes) is 7. The summed E-state index contributed by atoms with van der Waals surface area (Å²) in [5.41, 5.74) is 0.563. The molecule has 1 heteroatoms. The predicted molar refractivity (Wildman–Crippen MR) is 91.2 cm³/mol. The van der Waals surface area contributed by atoms with Gasteiger partial charge in [-0.3, -0.25) is 0 Å². The van der Waals surface area contributed by atoms with Crippen LogP contribution < -0.4 is 5.32 Å². The van der Waals surface area contributed by atoms with Crippen molar-refractivity contribution in [3.8, 4) is 0 Å². The Bertz CT molecular complexity index is 234. The molecule has 1 aliphatic rings. The van der Waals surface area contributed by atoms with E-state index < -0.39 is 0 Å². The first kappa shape index (κ1) is 18.0. The van der Waals surface area contributed by atoms with Crippen LogP contribution in [-0.4, -0.2) is 13.1 Å². The van der Waals surface area contributed by atoms with E-state index in [0.717, 1.165) is 12.0 Å². The van der Waals surface area contributed by atoms with E-state index in [-0.39, 0.29) is 0 Å². The Morgan fingerprint density at radius 2 is 1.60 bits per heavy atom. The molecule has 0 bridgehead atoms. The zero-order valence-corrected chi connectivity index (χ0v) is 14.6. The van der Waals surface area contributed by atoms with Crippen molar-refractivity contribution < 1.29 is 0 Å². The van der Waals surface area contributed by atoms with Crippen molar-refractivity contribution in [2.24, 2.45) is 11.3 Å². The molecule has 2 atom stereocenters. The molecule has 1 rings (SSSR count). The zero-order chi connectivity index (χ0) is 14.8. The van der Waals surface area contributed by atoms with Gasteiger partial charge in [0.05, 0.1) is 0 Å². The Kier molecular flexibility index (Phi) is 8.84. The largest absolute Gasteiger partial charge is 0.317 e. The number of hydrogen-bond donors (Lipinski definition) is 1. The second-order valence-corrected chi connectivity index (χ2v) is 7.65. The lowest BCUT2D eigenvalue weighted by atomic mass is 9.76. The van der Waals surface area contributed by atoms with E-state index in [9.17, 15) is 0 Å². The molecule has 1 fully saturated rings. The highest BCUT2D eigenvalue weighted by Crippen LogP contribution is 2.45. The predicted octanol–water partition coefficient (Wildman–Crippen LogP) is 5.93. The van der Waals surface area contributed by atoms with Crippen molar-refractivity contribution in [2.75, 3.05) is 7.05 Å². The molecule has 0 aromatic rings. The lowest BCUT2D eigenvalue weighted by Gasteiger charge is -2.34. The quantitative estimate of drug-likeness (QED) is 0.463. The van der Waals surface area contributed by atoms with Gasteiger partial charge in [0.2, 0.25) is 0 Å². The van der Waals surface area contributed by atoms with Crippen LogP contribution in [0.3, 0.4) is 0 Å². The van der Waals surface area contributed by atoms with Crippen molar-refractivity contribution in [3.05, 3.63) is 0 Å². The van der Waals surface area contributed by atoms with Gasteiger partial charge < -0.3 is 5.32 Å². The van der Waals surface area contributed by atoms with E-state index in [0.29, 0.717) is 5.41 Å². The Morgan fingerprint density at radius 1 is 1.00 bits per heavy atom. The Labute approximate surface area is 128 Å². The molecule has 1 nitrogen and oxygen atoms in total. The Morgan fingerprint density at radius 3 is 2.10 bits per heavy atom. The molecule has 0 aliphatic heterocycles. The van der Waals surface area contributed by atoms with Gasteiger partial charge in [-0.1, -0.05) is 78.6 Å². The highest BCUT2D eigenvalue weighted by atomic mass is 14.9. The molecule has 120 valence electrons. The molecule has 0 amide bonds. The number of rotatable bonds is 11. The van der Waals surface area contributed by atoms with Gasteiger partial charge in [0.1, 0.15) is 0 Å². The van der Waals surface area contributed by atoms with Gasteiger partial charge >= 0.3 is 0 Å². The van der Waals surface area contributed by atoms with E-state index in [4.69, 9.17) is 0 Å². The van der Waals surface area contributed by atoms with Gasteiger partial charge in [0.15, 0.2) is 0 Å². The average molecular weight is 282 g/mol. The summed E-state index contributed by atoms with van der Waals surface area (Å²) in [6.45, 7) is 7.24. The van der Waals surface area contributed by atoms with E-state index in [1.54, 1.807) is 0 Å². The zero-order valence-electron chi connectivity index (χ0n) is 14.6. The fourth-order valence-corrected chi connectivity index (χ4v) is 4.14. The van der Waals surface area contributed by atoms with Gasteiger partial charge in [-0.05, 0) is 37.6 Å². The van der Waals surface area contributed by atoms with E-state index in [1.807, 2.05) is 0 Å². The van der Waals surface area contributed by atoms with Crippen molar-refractivity contribution in [3.63, 3.8) is 0 Å². The van der Waals surface area contributed by atoms with Crippen LogP contribution in [0.25, 0.3) is 0 Å². The van der Waals surface area contributed by atoms with Crippen molar-refractivity contribution >= 4 is 0 Å². The fourth-order valence-electron chi connectivity index (χ4n) is 4.14. The van der Waals surface area contributed by atoms with Crippen LogP contribution in [-0.2, 0) is 0 Å². The van der Waals surface area contributed by atoms with Gasteiger partial charge in [0.25, 0.3) is 0 Å². The van der Waals surface area contributed by atoms with Gasteiger partial charge in [-0.15, -0.1) is 0 Å². The Balaban J connectivity index is 2.10. The van der Waals surface area contributed by atoms with Gasteiger partial charge in [0, 0.05) is 6.04 Å². The molecule has 0 spiro atoms. The van der Waals surface area contributed by atoms with E-state index in [1.165, 1.54) is 77.0 Å². The van der Waals surface area contributed by atoms with Gasteiger partial charge in [-0.2, -0.15) is 0 Å². The summed E-state index contributed by atoms with van der Waals surface area (Å²) in [5, 5.41) is 3.62. The molecular weight excluding hydrogens is 242 g/mol. The summed E-state index contributed by atoms with van der Waals surface area (Å²) in [6.07, 6.45) is 17.2. The highest BCUT2D eigenvalue weighted by molar-refractivity contribution is 4.91. The van der Waals surface area contributed by atoms with Crippen LogP contribution in [0.15, 0.2) is 0 Å². The van der Waals surface area contributed by atoms with Crippen LogP contribution in [0.4, 0.5) is 0 Å². The van der Waals surface area contributed by atoms with E-state index in [2.05, 4.69) is 33.1 Å². The van der Waals surface area contributed by atoms with Crippen LogP contribution in [0.5, 0.6) is 0 Å². The minimum absolute atomic E-state index is 0.563. The third-order valence-corrected chi connectivity index (χ3v) is 5.57. The molecular formula is C19H39N. The molecule has 1 N–H and O–H groups in total. The molecule has 0 radical (unpaired) electrons. The summed E-state index contributed by atoms with van der Waals surface area (Å²) in [5.74, 6) is 0.900. The van der Waals surface area contributed by atoms with Crippen molar-refractivity contribution in [2.45, 2.75) is 104 Å². The molecule has 0 heterocycles. The first-order chi connectivity index (χ1) is 9.61. The SMILES string of the molecule is CCCCCCCCCCC(NC)C1CCCC1(C)C. The number of hydrogen-bond acceptors (Lipinski definition) is 1. The second-order valence-electron chi connectivity index (χ2n) is 7.65. The summed E-state index contributed by atoms with van der Waals surface area (Å²) in [7, 11) is 2.17. The first-order valence-corrected chi connectivity index (χ1v) is 9.29. The standard InChI is InChI=1S/C19H39N/c1-5-6-7-8-9-10-11-12-15-18(20-4)17-14-13-16-19(17,2)3/h17-18,20H,5-16H2,1-4H3. The minimum atomic E-state index is 0.563. The van der Waals surface area contributed by atoms with Gasteiger partial charge in [-0.25, -0.2) is 0 Å². The third kappa shape index (κ3) is 6.16. The average Bonchev–Trinajstić information content (AvgIpc) is 2.77. The van der Waals surface area contributed by atoms with Crippen molar-refractivity contribution in [1.82, 2.24) is 5.32 Å². The van der Waals surface area contributed by atoms with Crippen LogP contribution in [0.1, 0.15) is 97.8 Å². The molecule has 20 heavy (non-hydrogen) atoms. The maximum absolute atomic E-state index is 3.62. The maximum atomic E-state index is 3.62. The minimum Gasteiger partial charge on any atom is -0.317 e. The maximum Gasteiger partial charge on any atom is 0.00974 e. The summed E-state index contributed by atoms with van der Waals surface area (Å²) < 4.78 is 0. The first-order valence-electron chi connectivity index (χ1n) is 9.29. The molecule has 1 saturated carbocycles. The Hall–Kier alpha value is -0.0400. The lowest BCUT2D eigenvalue weighted by molar-refractivity contribution is 0.193. The second kappa shape index (κ2) is 9.82. The number of nitrogens with one attached hydrogen (secondary N) is 1. The molecule has 2 unspecified atom stereocenters.